The van der Waals surface area contributed by atoms with Crippen molar-refractivity contribution >= 4 is 46.1 Å². The molecule has 25 heavy (non-hydrogen) atoms. The smallest absolute Gasteiger partial charge is 0.216 e. The molecular weight excluding hydrogens is 357 g/mol. The number of carbonyl (C=O) groups is 1. The Labute approximate surface area is 157 Å². The van der Waals surface area contributed by atoms with Crippen LogP contribution in [0.3, 0.4) is 0 Å². The van der Waals surface area contributed by atoms with Gasteiger partial charge in [-0.25, -0.2) is 4.99 Å². The number of unbranched alkanes of at least 4 members (excludes halogenated alkanes) is 1. The molecule has 132 valence electrons. The van der Waals surface area contributed by atoms with Gasteiger partial charge < -0.3 is 11.1 Å². The molecule has 0 aromatic heterocycles. The molecule has 1 aliphatic carbocycles. The van der Waals surface area contributed by atoms with Crippen LogP contribution >= 0.6 is 23.2 Å². The summed E-state index contributed by atoms with van der Waals surface area (Å²) in [5.41, 5.74) is 9.41. The first-order valence-corrected chi connectivity index (χ1v) is 9.11. The molecule has 0 bridgehead atoms. The number of nitrogens with one attached hydrogen (secondary N) is 1. The predicted molar refractivity (Wildman–Crippen MR) is 105 cm³/mol. The second kappa shape index (κ2) is 6.94. The first-order valence-electron chi connectivity index (χ1n) is 8.36. The number of aliphatic imine (C=N–C) groups is 1. The van der Waals surface area contributed by atoms with Crippen molar-refractivity contribution in [2.75, 3.05) is 18.4 Å². The maximum atomic E-state index is 12.2. The van der Waals surface area contributed by atoms with Crippen molar-refractivity contribution in [1.29, 1.82) is 0 Å². The Morgan fingerprint density at radius 3 is 2.72 bits per heavy atom. The van der Waals surface area contributed by atoms with Gasteiger partial charge in [-0.15, -0.1) is 0 Å². The molecule has 3 N–H and O–H groups in total. The highest BCUT2D eigenvalue weighted by molar-refractivity contribution is 6.58. The summed E-state index contributed by atoms with van der Waals surface area (Å²) in [6.07, 6.45) is 3.62. The second-order valence-corrected chi connectivity index (χ2v) is 7.57. The number of hydrogen-bond acceptors (Lipinski definition) is 4. The number of hydrogen-bond donors (Lipinski definition) is 2. The second-order valence-electron chi connectivity index (χ2n) is 6.79. The van der Waals surface area contributed by atoms with Crippen molar-refractivity contribution in [3.8, 4) is 0 Å². The molecule has 0 atom stereocenters. The lowest BCUT2D eigenvalue weighted by molar-refractivity contribution is -0.111. The highest BCUT2D eigenvalue weighted by Crippen LogP contribution is 2.47. The van der Waals surface area contributed by atoms with E-state index in [0.29, 0.717) is 12.3 Å². The Morgan fingerprint density at radius 2 is 2.00 bits per heavy atom. The van der Waals surface area contributed by atoms with Crippen molar-refractivity contribution < 1.29 is 4.79 Å². The number of Topliss-reactive ketones (excluding diaryl/α,β-unsaturated/α-hetero) is 1. The molecule has 1 aliphatic heterocycles. The van der Waals surface area contributed by atoms with E-state index in [1.165, 1.54) is 0 Å². The summed E-state index contributed by atoms with van der Waals surface area (Å²) in [5.74, 6) is -0.343. The number of nitrogens with zero attached hydrogens (tertiary/aromatic N) is 1. The average molecular weight is 378 g/mol. The molecule has 1 aromatic carbocycles. The van der Waals surface area contributed by atoms with Crippen molar-refractivity contribution in [2.45, 2.75) is 32.1 Å². The number of benzene rings is 1. The van der Waals surface area contributed by atoms with Gasteiger partial charge in [0.05, 0.1) is 21.5 Å². The van der Waals surface area contributed by atoms with E-state index in [2.05, 4.69) is 30.2 Å². The Balaban J connectivity index is 2.00. The van der Waals surface area contributed by atoms with E-state index >= 15 is 0 Å². The molecule has 4 nitrogen and oxygen atoms in total. The van der Waals surface area contributed by atoms with Crippen LogP contribution in [0.2, 0.25) is 0 Å². The molecular formula is C19H21Cl2N3O. The van der Waals surface area contributed by atoms with Crippen molar-refractivity contribution in [2.24, 2.45) is 10.7 Å². The monoisotopic (exact) mass is 377 g/mol. The number of fused-ring (bicyclic) bond motifs is 2. The van der Waals surface area contributed by atoms with Gasteiger partial charge in [-0.05, 0) is 49.2 Å². The fourth-order valence-corrected chi connectivity index (χ4v) is 3.96. The van der Waals surface area contributed by atoms with Crippen LogP contribution in [0.1, 0.15) is 32.3 Å². The minimum Gasteiger partial charge on any atom is -0.385 e. The summed E-state index contributed by atoms with van der Waals surface area (Å²) in [7, 11) is 0. The van der Waals surface area contributed by atoms with Crippen LogP contribution in [0.4, 0.5) is 11.4 Å². The van der Waals surface area contributed by atoms with E-state index < -0.39 is 5.41 Å². The molecule has 0 amide bonds. The lowest BCUT2D eigenvalue weighted by Crippen LogP contribution is -2.32. The summed E-state index contributed by atoms with van der Waals surface area (Å²) < 4.78 is 0. The zero-order valence-electron chi connectivity index (χ0n) is 14.3. The van der Waals surface area contributed by atoms with Gasteiger partial charge in [-0.3, -0.25) is 4.79 Å². The van der Waals surface area contributed by atoms with Crippen LogP contribution in [-0.4, -0.2) is 24.6 Å². The van der Waals surface area contributed by atoms with E-state index in [9.17, 15) is 4.79 Å². The molecule has 0 radical (unpaired) electrons. The van der Waals surface area contributed by atoms with E-state index in [-0.39, 0.29) is 15.8 Å². The molecule has 0 fully saturated rings. The topological polar surface area (TPSA) is 67.5 Å². The fourth-order valence-electron chi connectivity index (χ4n) is 3.28. The van der Waals surface area contributed by atoms with Gasteiger partial charge in [0.2, 0.25) is 5.78 Å². The average Bonchev–Trinajstić information content (AvgIpc) is 2.56. The molecule has 0 spiro atoms. The Bertz CT molecular complexity index is 822. The van der Waals surface area contributed by atoms with Crippen LogP contribution in [0.15, 0.2) is 44.9 Å². The van der Waals surface area contributed by atoms with E-state index in [0.717, 1.165) is 41.9 Å². The Kier molecular flexibility index (Phi) is 5.05. The van der Waals surface area contributed by atoms with Crippen LogP contribution in [0.25, 0.3) is 0 Å². The SMILES string of the molecule is CC1(C)C2=C(Cl)C(=O)C(Cl)=CC2=Nc2ccc(NCCCCN)cc21. The van der Waals surface area contributed by atoms with Gasteiger partial charge >= 0.3 is 0 Å². The minimum atomic E-state index is -0.442. The molecule has 0 unspecified atom stereocenters. The van der Waals surface area contributed by atoms with Crippen LogP contribution in [0, 0.1) is 0 Å². The maximum absolute atomic E-state index is 12.2. The Hall–Kier alpha value is -1.62. The van der Waals surface area contributed by atoms with Crippen molar-refractivity contribution in [3.63, 3.8) is 0 Å². The first-order chi connectivity index (χ1) is 11.9. The largest absolute Gasteiger partial charge is 0.385 e. The Morgan fingerprint density at radius 1 is 1.24 bits per heavy atom. The quantitative estimate of drug-likeness (QED) is 0.590. The first kappa shape index (κ1) is 18.2. The number of carbonyl (C=O) groups excluding carboxylic acids is 1. The molecule has 1 aromatic rings. The summed E-state index contributed by atoms with van der Waals surface area (Å²) >= 11 is 12.3. The summed E-state index contributed by atoms with van der Waals surface area (Å²) in [6.45, 7) is 5.67. The molecule has 1 heterocycles. The predicted octanol–water partition coefficient (Wildman–Crippen LogP) is 4.40. The molecule has 2 aliphatic rings. The number of anilines is 1. The standard InChI is InChI=1S/C19H21Cl2N3O/c1-19(2)12-9-11(23-8-4-3-7-22)5-6-14(12)24-15-10-13(20)18(25)17(21)16(15)19/h5-6,9-10,23H,3-4,7-8,22H2,1-2H3. The summed E-state index contributed by atoms with van der Waals surface area (Å²) in [4.78, 5) is 16.8. The fraction of sp³-hybridized carbons (Fsp3) is 0.368. The highest BCUT2D eigenvalue weighted by Gasteiger charge is 2.40. The summed E-state index contributed by atoms with van der Waals surface area (Å²) in [5, 5.41) is 3.67. The molecule has 6 heteroatoms. The highest BCUT2D eigenvalue weighted by atomic mass is 35.5. The zero-order valence-corrected chi connectivity index (χ0v) is 15.8. The number of allylic oxidation sites excluding steroid dienone is 4. The maximum Gasteiger partial charge on any atom is 0.216 e. The molecule has 0 saturated carbocycles. The van der Waals surface area contributed by atoms with E-state index in [1.807, 2.05) is 12.1 Å². The van der Waals surface area contributed by atoms with Gasteiger partial charge in [-0.2, -0.15) is 0 Å². The lowest BCUT2D eigenvalue weighted by atomic mass is 9.71. The number of ketones is 1. The third-order valence-corrected chi connectivity index (χ3v) is 5.29. The normalized spacial score (nSPS) is 18.4. The number of rotatable bonds is 5. The van der Waals surface area contributed by atoms with Crippen LogP contribution < -0.4 is 11.1 Å². The summed E-state index contributed by atoms with van der Waals surface area (Å²) in [6, 6.07) is 6.08. The third-order valence-electron chi connectivity index (χ3n) is 4.65. The van der Waals surface area contributed by atoms with E-state index in [1.54, 1.807) is 6.08 Å². The van der Waals surface area contributed by atoms with Gasteiger partial charge in [0, 0.05) is 23.2 Å². The van der Waals surface area contributed by atoms with Gasteiger partial charge in [0.1, 0.15) is 0 Å². The van der Waals surface area contributed by atoms with Gasteiger partial charge in [0.25, 0.3) is 0 Å². The van der Waals surface area contributed by atoms with Crippen LogP contribution in [-0.2, 0) is 10.2 Å². The molecule has 0 saturated heterocycles. The van der Waals surface area contributed by atoms with Crippen molar-refractivity contribution in [1.82, 2.24) is 0 Å². The van der Waals surface area contributed by atoms with Crippen molar-refractivity contribution in [3.05, 3.63) is 45.5 Å². The third kappa shape index (κ3) is 3.26. The molecule has 3 rings (SSSR count). The lowest BCUT2D eigenvalue weighted by Gasteiger charge is -2.36. The van der Waals surface area contributed by atoms with Crippen LogP contribution in [0.5, 0.6) is 0 Å². The van der Waals surface area contributed by atoms with Gasteiger partial charge in [-0.1, -0.05) is 37.0 Å². The van der Waals surface area contributed by atoms with E-state index in [4.69, 9.17) is 28.9 Å². The zero-order chi connectivity index (χ0) is 18.2. The number of halogens is 2. The minimum absolute atomic E-state index is 0.102. The van der Waals surface area contributed by atoms with Gasteiger partial charge in [0.15, 0.2) is 0 Å². The number of nitrogens with two attached hydrogens (primary N) is 1.